The summed E-state index contributed by atoms with van der Waals surface area (Å²) in [6.45, 7) is 0. The maximum absolute atomic E-state index is 11.6. The van der Waals surface area contributed by atoms with Crippen LogP contribution in [0.4, 0.5) is 0 Å². The van der Waals surface area contributed by atoms with E-state index in [1.807, 2.05) is 71.5 Å². The van der Waals surface area contributed by atoms with Gasteiger partial charge in [-0.25, -0.2) is 13.1 Å². The van der Waals surface area contributed by atoms with E-state index in [4.69, 9.17) is 17.3 Å². The van der Waals surface area contributed by atoms with Gasteiger partial charge in [0.25, 0.3) is 0 Å². The second-order valence-electron chi connectivity index (χ2n) is 7.02. The second kappa shape index (κ2) is 8.76. The Morgan fingerprint density at radius 1 is 1.13 bits per heavy atom. The first-order valence-electron chi connectivity index (χ1n) is 9.51. The predicted molar refractivity (Wildman–Crippen MR) is 123 cm³/mol. The molecule has 0 bridgehead atoms. The monoisotopic (exact) mass is 439 g/mol. The molecule has 154 valence electrons. The fraction of sp³-hybridized carbons (Fsp3) is 0.190. The third-order valence-electron chi connectivity index (χ3n) is 4.75. The Balaban J connectivity index is 1.51. The smallest absolute Gasteiger partial charge is 0.187 e. The molecule has 0 radical (unpaired) electrons. The van der Waals surface area contributed by atoms with Gasteiger partial charge in [0.15, 0.2) is 14.9 Å². The normalized spacial score (nSPS) is 17.8. The van der Waals surface area contributed by atoms with Crippen molar-refractivity contribution in [1.29, 1.82) is 0 Å². The van der Waals surface area contributed by atoms with Gasteiger partial charge in [-0.1, -0.05) is 48.5 Å². The number of nitrogens with zero attached hydrogens (tertiary/aromatic N) is 3. The van der Waals surface area contributed by atoms with Crippen molar-refractivity contribution < 1.29 is 8.42 Å². The Morgan fingerprint density at radius 3 is 2.50 bits per heavy atom. The fourth-order valence-corrected chi connectivity index (χ4v) is 5.19. The average Bonchev–Trinajstić information content (AvgIpc) is 3.32. The van der Waals surface area contributed by atoms with Crippen LogP contribution in [-0.2, 0) is 9.84 Å². The van der Waals surface area contributed by atoms with Gasteiger partial charge in [0.2, 0.25) is 0 Å². The number of aromatic nitrogens is 2. The molecule has 0 amide bonds. The maximum Gasteiger partial charge on any atom is 0.187 e. The topological polar surface area (TPSA) is 88.4 Å². The summed E-state index contributed by atoms with van der Waals surface area (Å²) < 4.78 is 25.0. The van der Waals surface area contributed by atoms with E-state index in [-0.39, 0.29) is 17.5 Å². The van der Waals surface area contributed by atoms with Crippen LogP contribution in [0.25, 0.3) is 16.9 Å². The van der Waals surface area contributed by atoms with Crippen LogP contribution >= 0.6 is 12.2 Å². The van der Waals surface area contributed by atoms with Crippen molar-refractivity contribution in [3.8, 4) is 16.9 Å². The van der Waals surface area contributed by atoms with E-state index in [0.717, 1.165) is 22.5 Å². The third kappa shape index (κ3) is 4.92. The quantitative estimate of drug-likeness (QED) is 0.361. The molecule has 0 aliphatic carbocycles. The summed E-state index contributed by atoms with van der Waals surface area (Å²) in [5, 5.41) is 12.3. The van der Waals surface area contributed by atoms with Gasteiger partial charge in [-0.2, -0.15) is 10.2 Å². The minimum absolute atomic E-state index is 0.0978. The molecule has 1 fully saturated rings. The highest BCUT2D eigenvalue weighted by atomic mass is 32.2. The lowest BCUT2D eigenvalue weighted by Crippen LogP contribution is -2.40. The first kappa shape index (κ1) is 20.2. The molecule has 3 aromatic rings. The summed E-state index contributed by atoms with van der Waals surface area (Å²) in [5.41, 5.74) is 6.31. The lowest BCUT2D eigenvalue weighted by Gasteiger charge is -2.11. The van der Waals surface area contributed by atoms with Gasteiger partial charge in [-0.3, -0.25) is 5.43 Å². The standard InChI is InChI=1S/C21H21N5O2S2/c27-30(28)12-11-18(15-30)23-21(29)24-22-13-17-14-26(19-9-5-2-6-10-19)25-20(17)16-7-3-1-4-8-16/h1-10,13-14,18H,11-12,15H2,(H2,23,24,29)/b22-13-/t18-/m1/s1. The minimum atomic E-state index is -2.96. The molecular weight excluding hydrogens is 418 g/mol. The molecule has 0 saturated carbocycles. The number of benzene rings is 2. The van der Waals surface area contributed by atoms with E-state index >= 15 is 0 Å². The highest BCUT2D eigenvalue weighted by molar-refractivity contribution is 7.91. The molecule has 2 heterocycles. The lowest BCUT2D eigenvalue weighted by atomic mass is 10.1. The van der Waals surface area contributed by atoms with Crippen molar-refractivity contribution >= 4 is 33.4 Å². The zero-order chi connectivity index (χ0) is 21.0. The number of hydrogen-bond donors (Lipinski definition) is 2. The largest absolute Gasteiger partial charge is 0.358 e. The summed E-state index contributed by atoms with van der Waals surface area (Å²) in [4.78, 5) is 0. The van der Waals surface area contributed by atoms with Crippen LogP contribution in [-0.4, -0.2) is 47.1 Å². The summed E-state index contributed by atoms with van der Waals surface area (Å²) in [7, 11) is -2.96. The molecule has 1 saturated heterocycles. The minimum Gasteiger partial charge on any atom is -0.358 e. The molecule has 1 aromatic heterocycles. The molecule has 0 spiro atoms. The van der Waals surface area contributed by atoms with E-state index in [9.17, 15) is 8.42 Å². The first-order chi connectivity index (χ1) is 14.5. The van der Waals surface area contributed by atoms with Gasteiger partial charge in [0, 0.05) is 23.4 Å². The molecule has 7 nitrogen and oxygen atoms in total. The van der Waals surface area contributed by atoms with Crippen LogP contribution in [0.5, 0.6) is 0 Å². The fourth-order valence-electron chi connectivity index (χ4n) is 3.30. The van der Waals surface area contributed by atoms with Gasteiger partial charge in [0.05, 0.1) is 23.4 Å². The van der Waals surface area contributed by atoms with E-state index < -0.39 is 9.84 Å². The van der Waals surface area contributed by atoms with Crippen molar-refractivity contribution in [1.82, 2.24) is 20.5 Å². The van der Waals surface area contributed by atoms with E-state index in [1.165, 1.54) is 0 Å². The Morgan fingerprint density at radius 2 is 1.83 bits per heavy atom. The van der Waals surface area contributed by atoms with Crippen LogP contribution in [0.15, 0.2) is 72.0 Å². The van der Waals surface area contributed by atoms with Gasteiger partial charge >= 0.3 is 0 Å². The SMILES string of the molecule is O=S1(=O)CC[C@@H](NC(=S)N/N=C\c2cn(-c3ccccc3)nc2-c2ccccc2)C1. The lowest BCUT2D eigenvalue weighted by molar-refractivity contribution is 0.600. The maximum atomic E-state index is 11.6. The first-order valence-corrected chi connectivity index (χ1v) is 11.7. The number of nitrogens with one attached hydrogen (secondary N) is 2. The molecular formula is C21H21N5O2S2. The Bertz CT molecular complexity index is 1160. The molecule has 0 unspecified atom stereocenters. The Hall–Kier alpha value is -3.04. The summed E-state index contributed by atoms with van der Waals surface area (Å²) in [6, 6.07) is 19.5. The van der Waals surface area contributed by atoms with Crippen molar-refractivity contribution in [2.45, 2.75) is 12.5 Å². The number of para-hydroxylation sites is 1. The van der Waals surface area contributed by atoms with E-state index in [2.05, 4.69) is 15.8 Å². The molecule has 1 aliphatic rings. The number of thiocarbonyl (C=S) groups is 1. The molecule has 2 N–H and O–H groups in total. The predicted octanol–water partition coefficient (Wildman–Crippen LogP) is 2.52. The van der Waals surface area contributed by atoms with Crippen molar-refractivity contribution in [2.75, 3.05) is 11.5 Å². The van der Waals surface area contributed by atoms with Crippen LogP contribution in [0, 0.1) is 0 Å². The van der Waals surface area contributed by atoms with Gasteiger partial charge in [-0.15, -0.1) is 0 Å². The average molecular weight is 440 g/mol. The molecule has 1 aliphatic heterocycles. The van der Waals surface area contributed by atoms with Crippen molar-refractivity contribution in [2.24, 2.45) is 5.10 Å². The van der Waals surface area contributed by atoms with Crippen LogP contribution in [0.2, 0.25) is 0 Å². The van der Waals surface area contributed by atoms with Gasteiger partial charge < -0.3 is 5.32 Å². The zero-order valence-corrected chi connectivity index (χ0v) is 17.7. The van der Waals surface area contributed by atoms with Gasteiger partial charge in [0.1, 0.15) is 5.69 Å². The molecule has 4 rings (SSSR count). The molecule has 2 aromatic carbocycles. The highest BCUT2D eigenvalue weighted by Crippen LogP contribution is 2.22. The van der Waals surface area contributed by atoms with E-state index in [0.29, 0.717) is 11.5 Å². The summed E-state index contributed by atoms with van der Waals surface area (Å²) >= 11 is 5.24. The summed E-state index contributed by atoms with van der Waals surface area (Å²) in [5.74, 6) is 0.288. The zero-order valence-electron chi connectivity index (χ0n) is 16.1. The summed E-state index contributed by atoms with van der Waals surface area (Å²) in [6.07, 6.45) is 4.12. The molecule has 1 atom stereocenters. The van der Waals surface area contributed by atoms with E-state index in [1.54, 1.807) is 6.21 Å². The number of sulfone groups is 1. The highest BCUT2D eigenvalue weighted by Gasteiger charge is 2.28. The van der Waals surface area contributed by atoms with Crippen LogP contribution in [0.1, 0.15) is 12.0 Å². The number of hydrazone groups is 1. The molecule has 9 heteroatoms. The van der Waals surface area contributed by atoms with Crippen molar-refractivity contribution in [3.63, 3.8) is 0 Å². The van der Waals surface area contributed by atoms with Crippen LogP contribution < -0.4 is 10.7 Å². The van der Waals surface area contributed by atoms with Crippen LogP contribution in [0.3, 0.4) is 0 Å². The number of hydrogen-bond acceptors (Lipinski definition) is 5. The number of rotatable bonds is 5. The third-order valence-corrected chi connectivity index (χ3v) is 6.72. The van der Waals surface area contributed by atoms with Crippen molar-refractivity contribution in [3.05, 3.63) is 72.4 Å². The van der Waals surface area contributed by atoms with Gasteiger partial charge in [-0.05, 0) is 30.8 Å². The Labute approximate surface area is 180 Å². The Kier molecular flexibility index (Phi) is 5.91. The molecule has 30 heavy (non-hydrogen) atoms. The second-order valence-corrected chi connectivity index (χ2v) is 9.66.